The molecule has 6 heteroatoms. The number of nitrogens with one attached hydrogen (secondary N) is 1. The normalized spacial score (nSPS) is 11.2. The summed E-state index contributed by atoms with van der Waals surface area (Å²) in [4.78, 5) is 15.1. The molecule has 1 aromatic carbocycles. The van der Waals surface area contributed by atoms with Crippen LogP contribution < -0.4 is 4.87 Å². The van der Waals surface area contributed by atoms with Crippen LogP contribution in [0.2, 0.25) is 0 Å². The second-order valence-corrected chi connectivity index (χ2v) is 7.01. The van der Waals surface area contributed by atoms with Crippen molar-refractivity contribution in [3.8, 4) is 5.88 Å². The van der Waals surface area contributed by atoms with E-state index in [1.807, 2.05) is 6.07 Å². The predicted molar refractivity (Wildman–Crippen MR) is 78.9 cm³/mol. The third-order valence-electron chi connectivity index (χ3n) is 2.57. The summed E-state index contributed by atoms with van der Waals surface area (Å²) in [5.41, 5.74) is 0. The second-order valence-electron chi connectivity index (χ2n) is 3.86. The van der Waals surface area contributed by atoms with Gasteiger partial charge in [0.2, 0.25) is 5.88 Å². The van der Waals surface area contributed by atoms with Gasteiger partial charge in [-0.05, 0) is 23.6 Å². The Morgan fingerprint density at radius 1 is 1.28 bits per heavy atom. The first-order valence-corrected chi connectivity index (χ1v) is 7.63. The van der Waals surface area contributed by atoms with Gasteiger partial charge in [0.25, 0.3) is 0 Å². The average Bonchev–Trinajstić information content (AvgIpc) is 2.82. The highest BCUT2D eigenvalue weighted by Gasteiger charge is 2.10. The zero-order chi connectivity index (χ0) is 12.7. The highest BCUT2D eigenvalue weighted by atomic mass is 79.9. The van der Waals surface area contributed by atoms with E-state index in [9.17, 15) is 9.90 Å². The van der Waals surface area contributed by atoms with Crippen molar-refractivity contribution in [2.45, 2.75) is 6.42 Å². The number of aromatic amines is 1. The molecule has 0 aliphatic heterocycles. The molecule has 0 spiro atoms. The molecule has 2 N–H and O–H groups in total. The van der Waals surface area contributed by atoms with Crippen molar-refractivity contribution in [3.63, 3.8) is 0 Å². The summed E-state index contributed by atoms with van der Waals surface area (Å²) >= 11 is 6.18. The molecule has 0 fully saturated rings. The molecule has 0 bridgehead atoms. The average molecular weight is 342 g/mol. The lowest BCUT2D eigenvalue weighted by molar-refractivity contribution is 0.451. The molecule has 18 heavy (non-hydrogen) atoms. The van der Waals surface area contributed by atoms with E-state index >= 15 is 0 Å². The molecular weight excluding hydrogens is 334 g/mol. The first kappa shape index (κ1) is 12.0. The fourth-order valence-corrected chi connectivity index (χ4v) is 4.24. The van der Waals surface area contributed by atoms with Gasteiger partial charge in [-0.1, -0.05) is 33.3 Å². The minimum Gasteiger partial charge on any atom is -0.494 e. The van der Waals surface area contributed by atoms with Crippen molar-refractivity contribution in [2.24, 2.45) is 0 Å². The number of hydrogen-bond donors (Lipinski definition) is 2. The van der Waals surface area contributed by atoms with Gasteiger partial charge >= 0.3 is 4.87 Å². The first-order chi connectivity index (χ1) is 8.61. The SMILES string of the molecule is O=c1[nH]c(O)c(Cc2cc3ccc(Br)cc3s2)s1. The molecule has 2 heterocycles. The molecule has 0 unspecified atom stereocenters. The molecular formula is C12H8BrNO2S2. The number of aromatic nitrogens is 1. The van der Waals surface area contributed by atoms with Crippen LogP contribution in [0.3, 0.4) is 0 Å². The minimum atomic E-state index is -0.216. The maximum atomic E-state index is 11.1. The molecule has 0 saturated heterocycles. The Morgan fingerprint density at radius 3 is 2.83 bits per heavy atom. The van der Waals surface area contributed by atoms with Gasteiger partial charge in [-0.25, -0.2) is 0 Å². The van der Waals surface area contributed by atoms with E-state index in [-0.39, 0.29) is 10.8 Å². The number of thiophene rings is 1. The molecule has 0 amide bonds. The van der Waals surface area contributed by atoms with E-state index in [1.165, 1.54) is 10.1 Å². The zero-order valence-electron chi connectivity index (χ0n) is 9.07. The van der Waals surface area contributed by atoms with Gasteiger partial charge in [-0.3, -0.25) is 9.78 Å². The van der Waals surface area contributed by atoms with Crippen LogP contribution in [0.4, 0.5) is 0 Å². The van der Waals surface area contributed by atoms with E-state index in [4.69, 9.17) is 0 Å². The molecule has 0 radical (unpaired) electrons. The molecule has 92 valence electrons. The number of halogens is 1. The monoisotopic (exact) mass is 341 g/mol. The molecule has 0 aliphatic carbocycles. The van der Waals surface area contributed by atoms with Crippen molar-refractivity contribution in [3.05, 3.63) is 48.2 Å². The van der Waals surface area contributed by atoms with Crippen molar-refractivity contribution >= 4 is 48.7 Å². The first-order valence-electron chi connectivity index (χ1n) is 5.21. The number of aromatic hydroxyl groups is 1. The molecule has 2 aromatic heterocycles. The fraction of sp³-hybridized carbons (Fsp3) is 0.0833. The summed E-state index contributed by atoms with van der Waals surface area (Å²) in [5, 5.41) is 10.7. The third kappa shape index (κ3) is 2.23. The van der Waals surface area contributed by atoms with Gasteiger partial charge in [-0.2, -0.15) is 0 Å². The van der Waals surface area contributed by atoms with E-state index in [0.717, 1.165) is 20.7 Å². The summed E-state index contributed by atoms with van der Waals surface area (Å²) in [6.07, 6.45) is 0.589. The standard InChI is InChI=1S/C12H8BrNO2S2/c13-7-2-1-6-3-8(17-9(6)4-7)5-10-11(15)14-12(16)18-10/h1-4,15H,5H2,(H,14,16). The van der Waals surface area contributed by atoms with Crippen LogP contribution >= 0.6 is 38.6 Å². The highest BCUT2D eigenvalue weighted by molar-refractivity contribution is 9.10. The third-order valence-corrected chi connectivity index (χ3v) is 5.03. The van der Waals surface area contributed by atoms with Crippen LogP contribution in [0.5, 0.6) is 5.88 Å². The molecule has 0 atom stereocenters. The predicted octanol–water partition coefficient (Wildman–Crippen LogP) is 3.71. The summed E-state index contributed by atoms with van der Waals surface area (Å²) in [6, 6.07) is 8.23. The molecule has 3 nitrogen and oxygen atoms in total. The van der Waals surface area contributed by atoms with Gasteiger partial charge in [0.05, 0.1) is 4.88 Å². The zero-order valence-corrected chi connectivity index (χ0v) is 12.3. The smallest absolute Gasteiger partial charge is 0.307 e. The Bertz CT molecular complexity index is 772. The summed E-state index contributed by atoms with van der Waals surface area (Å²) in [5.74, 6) is -0.0105. The van der Waals surface area contributed by atoms with Crippen LogP contribution in [0.15, 0.2) is 33.5 Å². The largest absolute Gasteiger partial charge is 0.494 e. The maximum absolute atomic E-state index is 11.1. The maximum Gasteiger partial charge on any atom is 0.307 e. The second kappa shape index (κ2) is 4.53. The molecule has 3 rings (SSSR count). The Morgan fingerprint density at radius 2 is 2.11 bits per heavy atom. The molecule has 0 aliphatic rings. The number of benzene rings is 1. The Labute approximate surface area is 119 Å². The highest BCUT2D eigenvalue weighted by Crippen LogP contribution is 2.31. The van der Waals surface area contributed by atoms with E-state index < -0.39 is 0 Å². The fourth-order valence-electron chi connectivity index (χ4n) is 1.78. The number of hydrogen-bond acceptors (Lipinski definition) is 4. The van der Waals surface area contributed by atoms with Crippen molar-refractivity contribution in [2.75, 3.05) is 0 Å². The Hall–Kier alpha value is -1.11. The van der Waals surface area contributed by atoms with Crippen molar-refractivity contribution < 1.29 is 5.11 Å². The Balaban J connectivity index is 2.00. The van der Waals surface area contributed by atoms with Crippen LogP contribution in [0, 0.1) is 0 Å². The number of fused-ring (bicyclic) bond motifs is 1. The lowest BCUT2D eigenvalue weighted by atomic mass is 10.2. The lowest BCUT2D eigenvalue weighted by Gasteiger charge is -1.92. The van der Waals surface area contributed by atoms with Gasteiger partial charge < -0.3 is 5.11 Å². The minimum absolute atomic E-state index is 0.0105. The van der Waals surface area contributed by atoms with Gasteiger partial charge in [0, 0.05) is 20.5 Å². The van der Waals surface area contributed by atoms with Gasteiger partial charge in [-0.15, -0.1) is 11.3 Å². The van der Waals surface area contributed by atoms with Crippen LogP contribution in [-0.4, -0.2) is 10.1 Å². The number of H-pyrrole nitrogens is 1. The lowest BCUT2D eigenvalue weighted by Crippen LogP contribution is -1.89. The quantitative estimate of drug-likeness (QED) is 0.746. The van der Waals surface area contributed by atoms with Crippen LogP contribution in [0.1, 0.15) is 9.75 Å². The van der Waals surface area contributed by atoms with E-state index in [2.05, 4.69) is 39.1 Å². The van der Waals surface area contributed by atoms with E-state index in [0.29, 0.717) is 11.3 Å². The van der Waals surface area contributed by atoms with Crippen molar-refractivity contribution in [1.29, 1.82) is 0 Å². The topological polar surface area (TPSA) is 53.1 Å². The molecule has 3 aromatic rings. The van der Waals surface area contributed by atoms with Crippen LogP contribution in [0.25, 0.3) is 10.1 Å². The summed E-state index contributed by atoms with van der Waals surface area (Å²) in [7, 11) is 0. The summed E-state index contributed by atoms with van der Waals surface area (Å²) < 4.78 is 2.25. The van der Waals surface area contributed by atoms with Crippen LogP contribution in [-0.2, 0) is 6.42 Å². The van der Waals surface area contributed by atoms with Gasteiger partial charge in [0.15, 0.2) is 0 Å². The summed E-state index contributed by atoms with van der Waals surface area (Å²) in [6.45, 7) is 0. The number of thiazole rings is 1. The van der Waals surface area contributed by atoms with Crippen molar-refractivity contribution in [1.82, 2.24) is 4.98 Å². The van der Waals surface area contributed by atoms with E-state index in [1.54, 1.807) is 11.3 Å². The number of rotatable bonds is 2. The molecule has 0 saturated carbocycles. The Kier molecular flexibility index (Phi) is 3.01. The van der Waals surface area contributed by atoms with Gasteiger partial charge in [0.1, 0.15) is 0 Å².